The van der Waals surface area contributed by atoms with Crippen molar-refractivity contribution in [1.29, 1.82) is 0 Å². The second-order valence-electron chi connectivity index (χ2n) is 10.7. The average Bonchev–Trinajstić information content (AvgIpc) is 3.24. The van der Waals surface area contributed by atoms with Gasteiger partial charge in [0.15, 0.2) is 0 Å². The van der Waals surface area contributed by atoms with Crippen LogP contribution in [0.4, 0.5) is 0 Å². The Morgan fingerprint density at radius 3 is 2.51 bits per heavy atom. The van der Waals surface area contributed by atoms with Gasteiger partial charge in [0.05, 0.1) is 0 Å². The van der Waals surface area contributed by atoms with Crippen molar-refractivity contribution in [3.05, 3.63) is 76.7 Å². The van der Waals surface area contributed by atoms with E-state index in [-0.39, 0.29) is 5.91 Å². The van der Waals surface area contributed by atoms with Crippen LogP contribution in [0.25, 0.3) is 17.5 Å². The fraction of sp³-hybridized carbons (Fsp3) is 0.452. The number of aryl methyl sites for hydroxylation is 2. The van der Waals surface area contributed by atoms with Crippen molar-refractivity contribution in [3.8, 4) is 11.4 Å². The Morgan fingerprint density at radius 1 is 1.03 bits per heavy atom. The first kappa shape index (κ1) is 25.4. The standard InChI is InChI=1S/C31H38N4O2/c1-22-3-5-24(6-4-22)9-14-30(36)33-29-12-7-25(8-13-29)15-18-35-19-16-26-10-11-28(21-27(26)17-20-35)31-32-23(2)37-34-31/h3-6,9-11,14,21,25,29H,7-8,12-13,15-20H2,1-2H3,(H,33,36)/b14-9+. The van der Waals surface area contributed by atoms with Crippen LogP contribution in [0.3, 0.4) is 0 Å². The van der Waals surface area contributed by atoms with Gasteiger partial charge in [-0.05, 0) is 93.2 Å². The lowest BCUT2D eigenvalue weighted by Crippen LogP contribution is -2.37. The second kappa shape index (κ2) is 11.9. The van der Waals surface area contributed by atoms with Crippen LogP contribution in [-0.2, 0) is 17.6 Å². The van der Waals surface area contributed by atoms with E-state index in [2.05, 4.69) is 57.6 Å². The minimum atomic E-state index is 0.0192. The summed E-state index contributed by atoms with van der Waals surface area (Å²) in [6.07, 6.45) is 11.5. The topological polar surface area (TPSA) is 71.3 Å². The molecule has 1 saturated carbocycles. The normalized spacial score (nSPS) is 20.5. The Balaban J connectivity index is 1.03. The molecule has 1 fully saturated rings. The molecule has 1 N–H and O–H groups in total. The monoisotopic (exact) mass is 498 g/mol. The zero-order valence-corrected chi connectivity index (χ0v) is 22.1. The SMILES string of the molecule is Cc1ccc(/C=C/C(=O)NC2CCC(CCN3CCc4ccc(-c5noc(C)n5)cc4CC3)CC2)cc1. The van der Waals surface area contributed by atoms with Crippen molar-refractivity contribution >= 4 is 12.0 Å². The molecule has 2 aromatic carbocycles. The van der Waals surface area contributed by atoms with E-state index in [0.29, 0.717) is 17.8 Å². The molecule has 0 atom stereocenters. The molecule has 1 aromatic heterocycles. The number of carbonyl (C=O) groups excluding carboxylic acids is 1. The summed E-state index contributed by atoms with van der Waals surface area (Å²) in [5.74, 6) is 2.05. The average molecular weight is 499 g/mol. The molecule has 0 saturated heterocycles. The Hall–Kier alpha value is -3.25. The zero-order valence-electron chi connectivity index (χ0n) is 22.1. The van der Waals surface area contributed by atoms with Crippen LogP contribution in [0.5, 0.6) is 0 Å². The van der Waals surface area contributed by atoms with E-state index in [1.165, 1.54) is 36.0 Å². The van der Waals surface area contributed by atoms with Crippen LogP contribution in [0.2, 0.25) is 0 Å². The highest BCUT2D eigenvalue weighted by atomic mass is 16.5. The third-order valence-corrected chi connectivity index (χ3v) is 7.94. The van der Waals surface area contributed by atoms with E-state index in [4.69, 9.17) is 4.52 Å². The largest absolute Gasteiger partial charge is 0.350 e. The van der Waals surface area contributed by atoms with Gasteiger partial charge in [0.1, 0.15) is 0 Å². The summed E-state index contributed by atoms with van der Waals surface area (Å²) in [5.41, 5.74) is 6.18. The number of hydrogen-bond donors (Lipinski definition) is 1. The van der Waals surface area contributed by atoms with Gasteiger partial charge in [-0.15, -0.1) is 0 Å². The van der Waals surface area contributed by atoms with Gasteiger partial charge in [0.25, 0.3) is 0 Å². The van der Waals surface area contributed by atoms with Crippen LogP contribution in [0.1, 0.15) is 60.2 Å². The molecule has 1 aliphatic carbocycles. The van der Waals surface area contributed by atoms with Gasteiger partial charge in [-0.2, -0.15) is 4.98 Å². The molecule has 37 heavy (non-hydrogen) atoms. The second-order valence-corrected chi connectivity index (χ2v) is 10.7. The van der Waals surface area contributed by atoms with E-state index in [1.54, 1.807) is 6.08 Å². The number of benzene rings is 2. The zero-order chi connectivity index (χ0) is 25.6. The number of hydrogen-bond acceptors (Lipinski definition) is 5. The molecule has 2 heterocycles. The first-order valence-electron chi connectivity index (χ1n) is 13.7. The van der Waals surface area contributed by atoms with E-state index in [0.717, 1.165) is 62.4 Å². The van der Waals surface area contributed by atoms with Crippen LogP contribution in [-0.4, -0.2) is 46.6 Å². The minimum Gasteiger partial charge on any atom is -0.350 e. The molecule has 1 aliphatic heterocycles. The maximum absolute atomic E-state index is 12.4. The van der Waals surface area contributed by atoms with Gasteiger partial charge in [-0.25, -0.2) is 0 Å². The quantitative estimate of drug-likeness (QED) is 0.434. The highest BCUT2D eigenvalue weighted by Gasteiger charge is 2.23. The predicted molar refractivity (Wildman–Crippen MR) is 147 cm³/mol. The molecule has 1 amide bonds. The number of nitrogens with one attached hydrogen (secondary N) is 1. The van der Waals surface area contributed by atoms with Gasteiger partial charge in [0, 0.05) is 37.7 Å². The summed E-state index contributed by atoms with van der Waals surface area (Å²) in [7, 11) is 0. The number of rotatable bonds is 7. The van der Waals surface area contributed by atoms with Gasteiger partial charge in [0.2, 0.25) is 17.6 Å². The Labute approximate surface area is 220 Å². The molecule has 3 aromatic rings. The number of carbonyl (C=O) groups is 1. The summed E-state index contributed by atoms with van der Waals surface area (Å²) in [6.45, 7) is 7.27. The van der Waals surface area contributed by atoms with E-state index >= 15 is 0 Å². The lowest BCUT2D eigenvalue weighted by Gasteiger charge is -2.30. The van der Waals surface area contributed by atoms with E-state index in [9.17, 15) is 4.79 Å². The lowest BCUT2D eigenvalue weighted by molar-refractivity contribution is -0.117. The van der Waals surface area contributed by atoms with Crippen LogP contribution >= 0.6 is 0 Å². The highest BCUT2D eigenvalue weighted by Crippen LogP contribution is 2.28. The smallest absolute Gasteiger partial charge is 0.244 e. The van der Waals surface area contributed by atoms with Crippen molar-refractivity contribution < 1.29 is 9.32 Å². The maximum atomic E-state index is 12.4. The summed E-state index contributed by atoms with van der Waals surface area (Å²) in [5, 5.41) is 7.29. The Bertz CT molecular complexity index is 1220. The molecular formula is C31H38N4O2. The predicted octanol–water partition coefficient (Wildman–Crippen LogP) is 5.53. The molecule has 0 unspecified atom stereocenters. The summed E-state index contributed by atoms with van der Waals surface area (Å²) in [6, 6.07) is 15.1. The number of aromatic nitrogens is 2. The van der Waals surface area contributed by atoms with Crippen molar-refractivity contribution in [2.75, 3.05) is 19.6 Å². The third-order valence-electron chi connectivity index (χ3n) is 7.94. The molecule has 2 aliphatic rings. The summed E-state index contributed by atoms with van der Waals surface area (Å²) >= 11 is 0. The van der Waals surface area contributed by atoms with E-state index in [1.807, 2.05) is 25.1 Å². The number of amides is 1. The van der Waals surface area contributed by atoms with Crippen LogP contribution in [0.15, 0.2) is 53.1 Å². The fourth-order valence-corrected chi connectivity index (χ4v) is 5.61. The van der Waals surface area contributed by atoms with Crippen molar-refractivity contribution in [1.82, 2.24) is 20.4 Å². The Kier molecular flexibility index (Phi) is 8.15. The summed E-state index contributed by atoms with van der Waals surface area (Å²) in [4.78, 5) is 19.4. The molecule has 5 rings (SSSR count). The lowest BCUT2D eigenvalue weighted by atomic mass is 9.84. The fourth-order valence-electron chi connectivity index (χ4n) is 5.61. The van der Waals surface area contributed by atoms with E-state index < -0.39 is 0 Å². The van der Waals surface area contributed by atoms with Crippen molar-refractivity contribution in [2.45, 2.75) is 64.8 Å². The van der Waals surface area contributed by atoms with Crippen molar-refractivity contribution in [3.63, 3.8) is 0 Å². The molecule has 0 radical (unpaired) electrons. The molecule has 6 nitrogen and oxygen atoms in total. The molecule has 6 heteroatoms. The molecule has 194 valence electrons. The van der Waals surface area contributed by atoms with Crippen molar-refractivity contribution in [2.24, 2.45) is 5.92 Å². The Morgan fingerprint density at radius 2 is 1.78 bits per heavy atom. The van der Waals surface area contributed by atoms with Crippen LogP contribution in [0, 0.1) is 19.8 Å². The maximum Gasteiger partial charge on any atom is 0.244 e. The van der Waals surface area contributed by atoms with Gasteiger partial charge in [-0.3, -0.25) is 4.79 Å². The highest BCUT2D eigenvalue weighted by molar-refractivity contribution is 5.91. The number of nitrogens with zero attached hydrogens (tertiary/aromatic N) is 3. The minimum absolute atomic E-state index is 0.0192. The first-order valence-corrected chi connectivity index (χ1v) is 13.7. The third kappa shape index (κ3) is 6.95. The molecular weight excluding hydrogens is 460 g/mol. The summed E-state index contributed by atoms with van der Waals surface area (Å²) < 4.78 is 5.16. The van der Waals surface area contributed by atoms with Gasteiger partial charge >= 0.3 is 0 Å². The van der Waals surface area contributed by atoms with Gasteiger partial charge < -0.3 is 14.7 Å². The molecule has 0 bridgehead atoms. The van der Waals surface area contributed by atoms with Gasteiger partial charge in [-0.1, -0.05) is 47.1 Å². The first-order chi connectivity index (χ1) is 18.0. The molecule has 0 spiro atoms. The number of fused-ring (bicyclic) bond motifs is 1. The van der Waals surface area contributed by atoms with Crippen LogP contribution < -0.4 is 5.32 Å².